The van der Waals surface area contributed by atoms with Crippen molar-refractivity contribution in [1.82, 2.24) is 4.90 Å². The van der Waals surface area contributed by atoms with Crippen LogP contribution in [0.2, 0.25) is 0 Å². The third kappa shape index (κ3) is 5.04. The summed E-state index contributed by atoms with van der Waals surface area (Å²) < 4.78 is 5.21. The van der Waals surface area contributed by atoms with E-state index in [4.69, 9.17) is 4.74 Å². The van der Waals surface area contributed by atoms with Gasteiger partial charge in [-0.2, -0.15) is 0 Å². The fraction of sp³-hybridized carbons (Fsp3) is 0.217. The minimum atomic E-state index is -0.226. The molecule has 2 aromatic carbocycles. The molecule has 0 atom stereocenters. The lowest BCUT2D eigenvalue weighted by Gasteiger charge is -2.16. The van der Waals surface area contributed by atoms with Gasteiger partial charge in [0.15, 0.2) is 0 Å². The number of amides is 2. The lowest BCUT2D eigenvalue weighted by Crippen LogP contribution is -2.34. The number of carbonyl (C=O) groups excluding carboxylic acids is 2. The molecule has 156 valence electrons. The van der Waals surface area contributed by atoms with Gasteiger partial charge in [0.25, 0.3) is 5.91 Å². The zero-order valence-corrected chi connectivity index (χ0v) is 19.0. The van der Waals surface area contributed by atoms with E-state index < -0.39 is 0 Å². The van der Waals surface area contributed by atoms with Crippen molar-refractivity contribution in [3.8, 4) is 16.9 Å². The molecule has 0 aliphatic heterocycles. The van der Waals surface area contributed by atoms with Gasteiger partial charge in [-0.3, -0.25) is 9.59 Å². The van der Waals surface area contributed by atoms with E-state index in [1.165, 1.54) is 16.2 Å². The number of nitrogens with zero attached hydrogens (tertiary/aromatic N) is 1. The molecule has 0 aliphatic rings. The third-order valence-corrected chi connectivity index (χ3v) is 6.47. The molecule has 0 saturated carbocycles. The fourth-order valence-electron chi connectivity index (χ4n) is 3.06. The molecule has 1 aromatic heterocycles. The quantitative estimate of drug-likeness (QED) is 0.515. The number of rotatable bonds is 7. The number of aryl methyl sites for hydroxylation is 1. The first-order valence-corrected chi connectivity index (χ1v) is 11.4. The Balaban J connectivity index is 1.69. The monoisotopic (exact) mass is 440 g/mol. The van der Waals surface area contributed by atoms with E-state index in [1.54, 1.807) is 25.9 Å². The second-order valence-electron chi connectivity index (χ2n) is 6.72. The molecular formula is C23H24N2O3S2. The first kappa shape index (κ1) is 21.9. The largest absolute Gasteiger partial charge is 0.497 e. The van der Waals surface area contributed by atoms with Crippen LogP contribution >= 0.6 is 23.1 Å². The number of carbonyl (C=O) groups is 2. The van der Waals surface area contributed by atoms with Gasteiger partial charge in [0, 0.05) is 16.8 Å². The average molecular weight is 441 g/mol. The van der Waals surface area contributed by atoms with E-state index >= 15 is 0 Å². The average Bonchev–Trinajstić information content (AvgIpc) is 3.15. The number of benzene rings is 2. The Bertz CT molecular complexity index is 1040. The highest BCUT2D eigenvalue weighted by molar-refractivity contribution is 7.98. The zero-order valence-electron chi connectivity index (χ0n) is 17.4. The maximum absolute atomic E-state index is 12.9. The van der Waals surface area contributed by atoms with Crippen LogP contribution in [0.3, 0.4) is 0 Å². The number of thioether (sulfide) groups is 1. The highest BCUT2D eigenvalue weighted by Gasteiger charge is 2.19. The lowest BCUT2D eigenvalue weighted by molar-refractivity contribution is -0.116. The fourth-order valence-corrected chi connectivity index (χ4v) is 4.65. The summed E-state index contributed by atoms with van der Waals surface area (Å²) in [5, 5.41) is 2.89. The zero-order chi connectivity index (χ0) is 21.7. The highest BCUT2D eigenvalue weighted by Crippen LogP contribution is 2.32. The number of para-hydroxylation sites is 1. The number of methoxy groups -OCH3 is 1. The van der Waals surface area contributed by atoms with Gasteiger partial charge in [0.05, 0.1) is 24.2 Å². The molecule has 0 spiro atoms. The number of ether oxygens (including phenoxy) is 1. The second kappa shape index (κ2) is 9.82. The molecule has 3 rings (SSSR count). The summed E-state index contributed by atoms with van der Waals surface area (Å²) in [6.45, 7) is 1.98. The van der Waals surface area contributed by atoms with Crippen LogP contribution < -0.4 is 10.1 Å². The summed E-state index contributed by atoms with van der Waals surface area (Å²) in [7, 11) is 3.28. The Morgan fingerprint density at radius 3 is 2.50 bits per heavy atom. The van der Waals surface area contributed by atoms with Gasteiger partial charge < -0.3 is 15.0 Å². The Morgan fingerprint density at radius 1 is 1.13 bits per heavy atom. The molecule has 1 heterocycles. The summed E-state index contributed by atoms with van der Waals surface area (Å²) in [6.07, 6.45) is 1.96. The molecule has 5 nitrogen and oxygen atoms in total. The van der Waals surface area contributed by atoms with Crippen molar-refractivity contribution in [3.05, 3.63) is 64.4 Å². The molecule has 2 amide bonds. The van der Waals surface area contributed by atoms with Crippen molar-refractivity contribution in [2.75, 3.05) is 32.3 Å². The smallest absolute Gasteiger partial charge is 0.264 e. The number of likely N-dealkylation sites (N-methyl/N-ethyl adjacent to an activating group) is 1. The topological polar surface area (TPSA) is 58.6 Å². The van der Waals surface area contributed by atoms with E-state index in [1.807, 2.05) is 67.8 Å². The molecule has 30 heavy (non-hydrogen) atoms. The number of nitrogens with one attached hydrogen (secondary N) is 1. The summed E-state index contributed by atoms with van der Waals surface area (Å²) in [5.41, 5.74) is 2.79. The SMILES string of the molecule is COc1ccc(-c2cc(C(=O)N(C)CC(=O)Nc3ccccc3SC)sc2C)cc1. The molecule has 0 radical (unpaired) electrons. The van der Waals surface area contributed by atoms with Crippen molar-refractivity contribution in [2.24, 2.45) is 0 Å². The van der Waals surface area contributed by atoms with Crippen LogP contribution in [0.5, 0.6) is 5.75 Å². The van der Waals surface area contributed by atoms with Crippen LogP contribution in [0.15, 0.2) is 59.5 Å². The second-order valence-corrected chi connectivity index (χ2v) is 8.82. The number of hydrogen-bond donors (Lipinski definition) is 1. The molecule has 0 fully saturated rings. The predicted octanol–water partition coefficient (Wildman–Crippen LogP) is 5.16. The number of anilines is 1. The van der Waals surface area contributed by atoms with Gasteiger partial charge in [-0.15, -0.1) is 23.1 Å². The number of thiophene rings is 1. The maximum Gasteiger partial charge on any atom is 0.264 e. The molecule has 0 bridgehead atoms. The van der Waals surface area contributed by atoms with Crippen molar-refractivity contribution in [2.45, 2.75) is 11.8 Å². The summed E-state index contributed by atoms with van der Waals surface area (Å²) in [6, 6.07) is 17.2. The molecular weight excluding hydrogens is 416 g/mol. The Hall–Kier alpha value is -2.77. The van der Waals surface area contributed by atoms with E-state index in [0.29, 0.717) is 4.88 Å². The maximum atomic E-state index is 12.9. The Morgan fingerprint density at radius 2 is 1.83 bits per heavy atom. The third-order valence-electron chi connectivity index (χ3n) is 4.64. The predicted molar refractivity (Wildman–Crippen MR) is 125 cm³/mol. The molecule has 7 heteroatoms. The van der Waals surface area contributed by atoms with Gasteiger partial charge in [0.1, 0.15) is 5.75 Å². The minimum Gasteiger partial charge on any atom is -0.497 e. The Labute approximate surface area is 185 Å². The first-order valence-electron chi connectivity index (χ1n) is 9.36. The summed E-state index contributed by atoms with van der Waals surface area (Å²) >= 11 is 3.00. The number of hydrogen-bond acceptors (Lipinski definition) is 5. The van der Waals surface area contributed by atoms with Crippen LogP contribution in [-0.4, -0.2) is 43.7 Å². The van der Waals surface area contributed by atoms with Gasteiger partial charge in [-0.25, -0.2) is 0 Å². The van der Waals surface area contributed by atoms with E-state index in [0.717, 1.165) is 32.3 Å². The minimum absolute atomic E-state index is 0.0175. The van der Waals surface area contributed by atoms with Crippen LogP contribution in [-0.2, 0) is 4.79 Å². The molecule has 1 N–H and O–H groups in total. The molecule has 0 saturated heterocycles. The molecule has 0 unspecified atom stereocenters. The molecule has 3 aromatic rings. The van der Waals surface area contributed by atoms with Crippen molar-refractivity contribution >= 4 is 40.6 Å². The van der Waals surface area contributed by atoms with Crippen molar-refractivity contribution in [3.63, 3.8) is 0 Å². The standard InChI is InChI=1S/C23H24N2O3S2/c1-15-18(16-9-11-17(28-3)12-10-16)13-21(30-15)23(27)25(2)14-22(26)24-19-7-5-6-8-20(19)29-4/h5-13H,14H2,1-4H3,(H,24,26). The molecule has 0 aliphatic carbocycles. The van der Waals surface area contributed by atoms with Gasteiger partial charge in [-0.05, 0) is 54.6 Å². The van der Waals surface area contributed by atoms with Crippen LogP contribution in [0.1, 0.15) is 14.5 Å². The van der Waals surface area contributed by atoms with Crippen molar-refractivity contribution < 1.29 is 14.3 Å². The van der Waals surface area contributed by atoms with Crippen molar-refractivity contribution in [1.29, 1.82) is 0 Å². The van der Waals surface area contributed by atoms with Gasteiger partial charge in [-0.1, -0.05) is 24.3 Å². The summed E-state index contributed by atoms with van der Waals surface area (Å²) in [4.78, 5) is 29.4. The van der Waals surface area contributed by atoms with E-state index in [-0.39, 0.29) is 18.4 Å². The normalized spacial score (nSPS) is 10.5. The van der Waals surface area contributed by atoms with E-state index in [9.17, 15) is 9.59 Å². The Kier molecular flexibility index (Phi) is 7.18. The van der Waals surface area contributed by atoms with E-state index in [2.05, 4.69) is 5.32 Å². The van der Waals surface area contributed by atoms with Crippen LogP contribution in [0, 0.1) is 6.92 Å². The highest BCUT2D eigenvalue weighted by atomic mass is 32.2. The van der Waals surface area contributed by atoms with Crippen LogP contribution in [0.25, 0.3) is 11.1 Å². The summed E-state index contributed by atoms with van der Waals surface area (Å²) in [5.74, 6) is 0.392. The van der Waals surface area contributed by atoms with Crippen LogP contribution in [0.4, 0.5) is 5.69 Å². The van der Waals surface area contributed by atoms with Gasteiger partial charge in [0.2, 0.25) is 5.91 Å². The van der Waals surface area contributed by atoms with Gasteiger partial charge >= 0.3 is 0 Å². The first-order chi connectivity index (χ1) is 14.4. The lowest BCUT2D eigenvalue weighted by atomic mass is 10.1.